The number of phenols is 1. The van der Waals surface area contributed by atoms with Crippen LogP contribution in [0.15, 0.2) is 24.3 Å². The molecule has 0 aliphatic carbocycles. The second kappa shape index (κ2) is 5.98. The third kappa shape index (κ3) is 3.31. The lowest BCUT2D eigenvalue weighted by Gasteiger charge is -2.31. The summed E-state index contributed by atoms with van der Waals surface area (Å²) in [6.07, 6.45) is 0.0511. The second-order valence-corrected chi connectivity index (χ2v) is 4.56. The van der Waals surface area contributed by atoms with Crippen molar-refractivity contribution < 1.29 is 14.6 Å². The van der Waals surface area contributed by atoms with Crippen LogP contribution in [0.25, 0.3) is 0 Å². The van der Waals surface area contributed by atoms with Gasteiger partial charge in [0.1, 0.15) is 11.9 Å². The van der Waals surface area contributed by atoms with Crippen LogP contribution in [0.4, 0.5) is 0 Å². The molecular formula is C14H19NO3. The lowest BCUT2D eigenvalue weighted by atomic mass is 10.0. The molecule has 2 rings (SSSR count). The molecule has 0 aromatic heterocycles. The Morgan fingerprint density at radius 3 is 2.83 bits per heavy atom. The van der Waals surface area contributed by atoms with Gasteiger partial charge < -0.3 is 9.84 Å². The molecule has 1 heterocycles. The van der Waals surface area contributed by atoms with Crippen LogP contribution in [0.5, 0.6) is 5.75 Å². The van der Waals surface area contributed by atoms with Gasteiger partial charge in [-0.05, 0) is 24.2 Å². The van der Waals surface area contributed by atoms with Crippen molar-refractivity contribution in [3.05, 3.63) is 29.8 Å². The van der Waals surface area contributed by atoms with Crippen LogP contribution in [-0.4, -0.2) is 48.1 Å². The SMILES string of the molecule is CCN1CCOC(C(=O)Cc2ccc(O)cc2)C1. The maximum Gasteiger partial charge on any atom is 0.167 e. The third-order valence-corrected chi connectivity index (χ3v) is 3.27. The first-order chi connectivity index (χ1) is 8.69. The van der Waals surface area contributed by atoms with Crippen LogP contribution in [0.2, 0.25) is 0 Å². The Kier molecular flexibility index (Phi) is 4.33. The number of phenolic OH excluding ortho intramolecular Hbond substituents is 1. The first kappa shape index (κ1) is 13.1. The average Bonchev–Trinajstić information content (AvgIpc) is 2.41. The van der Waals surface area contributed by atoms with Crippen molar-refractivity contribution in [1.82, 2.24) is 4.90 Å². The normalized spacial score (nSPS) is 20.8. The number of likely N-dealkylation sites (N-methyl/N-ethyl adjacent to an activating group) is 1. The Labute approximate surface area is 107 Å². The van der Waals surface area contributed by atoms with E-state index in [2.05, 4.69) is 11.8 Å². The molecule has 0 bridgehead atoms. The first-order valence-electron chi connectivity index (χ1n) is 6.33. The van der Waals surface area contributed by atoms with Gasteiger partial charge in [0.05, 0.1) is 6.61 Å². The van der Waals surface area contributed by atoms with E-state index in [1.807, 2.05) is 0 Å². The summed E-state index contributed by atoms with van der Waals surface area (Å²) >= 11 is 0. The predicted octanol–water partition coefficient (Wildman–Crippen LogP) is 1.22. The number of hydrogen-bond donors (Lipinski definition) is 1. The van der Waals surface area contributed by atoms with Crippen molar-refractivity contribution in [2.24, 2.45) is 0 Å². The van der Waals surface area contributed by atoms with E-state index in [0.717, 1.165) is 18.7 Å². The summed E-state index contributed by atoms with van der Waals surface area (Å²) in [5.41, 5.74) is 0.912. The molecule has 1 aromatic carbocycles. The van der Waals surface area contributed by atoms with E-state index in [1.54, 1.807) is 24.3 Å². The van der Waals surface area contributed by atoms with Crippen LogP contribution in [0.1, 0.15) is 12.5 Å². The average molecular weight is 249 g/mol. The highest BCUT2D eigenvalue weighted by Crippen LogP contribution is 2.13. The zero-order valence-electron chi connectivity index (χ0n) is 10.6. The van der Waals surface area contributed by atoms with E-state index in [4.69, 9.17) is 4.74 Å². The van der Waals surface area contributed by atoms with E-state index in [1.165, 1.54) is 0 Å². The van der Waals surface area contributed by atoms with Crippen molar-refractivity contribution in [2.75, 3.05) is 26.2 Å². The molecule has 1 atom stereocenters. The number of rotatable bonds is 4. The quantitative estimate of drug-likeness (QED) is 0.872. The fraction of sp³-hybridized carbons (Fsp3) is 0.500. The number of aromatic hydroxyl groups is 1. The summed E-state index contributed by atoms with van der Waals surface area (Å²) in [5.74, 6) is 0.330. The Bertz CT molecular complexity index is 402. The highest BCUT2D eigenvalue weighted by Gasteiger charge is 2.25. The molecule has 1 aliphatic rings. The van der Waals surface area contributed by atoms with Gasteiger partial charge in [0.2, 0.25) is 0 Å². The molecule has 1 N–H and O–H groups in total. The van der Waals surface area contributed by atoms with E-state index in [-0.39, 0.29) is 17.6 Å². The van der Waals surface area contributed by atoms with Gasteiger partial charge in [-0.25, -0.2) is 0 Å². The summed E-state index contributed by atoms with van der Waals surface area (Å²) in [6, 6.07) is 6.74. The summed E-state index contributed by atoms with van der Waals surface area (Å²) < 4.78 is 5.53. The van der Waals surface area contributed by atoms with Gasteiger partial charge >= 0.3 is 0 Å². The van der Waals surface area contributed by atoms with Gasteiger partial charge in [0, 0.05) is 19.5 Å². The van der Waals surface area contributed by atoms with Crippen molar-refractivity contribution in [1.29, 1.82) is 0 Å². The van der Waals surface area contributed by atoms with Crippen molar-refractivity contribution in [3.8, 4) is 5.75 Å². The van der Waals surface area contributed by atoms with Gasteiger partial charge in [-0.15, -0.1) is 0 Å². The number of Topliss-reactive ketones (excluding diaryl/α,β-unsaturated/α-hetero) is 1. The molecule has 4 nitrogen and oxygen atoms in total. The molecule has 1 saturated heterocycles. The van der Waals surface area contributed by atoms with E-state index < -0.39 is 0 Å². The maximum atomic E-state index is 12.1. The lowest BCUT2D eigenvalue weighted by molar-refractivity contribution is -0.135. The van der Waals surface area contributed by atoms with Crippen LogP contribution < -0.4 is 0 Å². The molecule has 0 radical (unpaired) electrons. The van der Waals surface area contributed by atoms with E-state index in [0.29, 0.717) is 19.6 Å². The Hall–Kier alpha value is -1.39. The molecule has 18 heavy (non-hydrogen) atoms. The van der Waals surface area contributed by atoms with Crippen LogP contribution in [0.3, 0.4) is 0 Å². The summed E-state index contributed by atoms with van der Waals surface area (Å²) in [6.45, 7) is 5.26. The van der Waals surface area contributed by atoms with Crippen LogP contribution >= 0.6 is 0 Å². The highest BCUT2D eigenvalue weighted by atomic mass is 16.5. The molecule has 0 amide bonds. The van der Waals surface area contributed by atoms with Crippen LogP contribution in [-0.2, 0) is 16.0 Å². The van der Waals surface area contributed by atoms with Gasteiger partial charge in [-0.3, -0.25) is 9.69 Å². The lowest BCUT2D eigenvalue weighted by Crippen LogP contribution is -2.46. The second-order valence-electron chi connectivity index (χ2n) is 4.56. The first-order valence-corrected chi connectivity index (χ1v) is 6.33. The van der Waals surface area contributed by atoms with Gasteiger partial charge in [0.25, 0.3) is 0 Å². The van der Waals surface area contributed by atoms with Crippen molar-refractivity contribution >= 4 is 5.78 Å². The standard InChI is InChI=1S/C14H19NO3/c1-2-15-7-8-18-14(10-15)13(17)9-11-3-5-12(16)6-4-11/h3-6,14,16H,2,7-10H2,1H3. The smallest absolute Gasteiger partial charge is 0.167 e. The number of carbonyl (C=O) groups excluding carboxylic acids is 1. The molecule has 98 valence electrons. The zero-order valence-corrected chi connectivity index (χ0v) is 10.6. The number of morpholine rings is 1. The summed E-state index contributed by atoms with van der Waals surface area (Å²) in [4.78, 5) is 14.3. The monoisotopic (exact) mass is 249 g/mol. The highest BCUT2D eigenvalue weighted by molar-refractivity contribution is 5.85. The molecule has 4 heteroatoms. The molecule has 0 saturated carbocycles. The van der Waals surface area contributed by atoms with E-state index >= 15 is 0 Å². The topological polar surface area (TPSA) is 49.8 Å². The minimum absolute atomic E-state index is 0.110. The van der Waals surface area contributed by atoms with Gasteiger partial charge in [-0.2, -0.15) is 0 Å². The van der Waals surface area contributed by atoms with Crippen LogP contribution in [0, 0.1) is 0 Å². The van der Waals surface area contributed by atoms with Gasteiger partial charge in [-0.1, -0.05) is 19.1 Å². The maximum absolute atomic E-state index is 12.1. The molecule has 1 unspecified atom stereocenters. The molecular weight excluding hydrogens is 230 g/mol. The number of benzene rings is 1. The predicted molar refractivity (Wildman–Crippen MR) is 68.7 cm³/mol. The number of ether oxygens (including phenoxy) is 1. The third-order valence-electron chi connectivity index (χ3n) is 3.27. The van der Waals surface area contributed by atoms with Crippen molar-refractivity contribution in [2.45, 2.75) is 19.4 Å². The fourth-order valence-electron chi connectivity index (χ4n) is 2.11. The molecule has 1 aliphatic heterocycles. The number of hydrogen-bond acceptors (Lipinski definition) is 4. The number of ketones is 1. The Morgan fingerprint density at radius 2 is 2.17 bits per heavy atom. The number of carbonyl (C=O) groups is 1. The Balaban J connectivity index is 1.93. The fourth-order valence-corrected chi connectivity index (χ4v) is 2.11. The largest absolute Gasteiger partial charge is 0.508 e. The Morgan fingerprint density at radius 1 is 1.44 bits per heavy atom. The van der Waals surface area contributed by atoms with E-state index in [9.17, 15) is 9.90 Å². The summed E-state index contributed by atoms with van der Waals surface area (Å²) in [7, 11) is 0. The minimum atomic E-state index is -0.312. The molecule has 1 fully saturated rings. The zero-order chi connectivity index (χ0) is 13.0. The number of nitrogens with zero attached hydrogens (tertiary/aromatic N) is 1. The molecule has 0 spiro atoms. The molecule has 1 aromatic rings. The van der Waals surface area contributed by atoms with Gasteiger partial charge in [0.15, 0.2) is 5.78 Å². The van der Waals surface area contributed by atoms with Crippen molar-refractivity contribution in [3.63, 3.8) is 0 Å². The summed E-state index contributed by atoms with van der Waals surface area (Å²) in [5, 5.41) is 9.19. The minimum Gasteiger partial charge on any atom is -0.508 e.